The summed E-state index contributed by atoms with van der Waals surface area (Å²) in [6.07, 6.45) is 0.114. The fourth-order valence-corrected chi connectivity index (χ4v) is 1.70. The zero-order valence-corrected chi connectivity index (χ0v) is 10.9. The molecule has 8 heteroatoms. The summed E-state index contributed by atoms with van der Waals surface area (Å²) in [4.78, 5) is 26.1. The van der Waals surface area contributed by atoms with Gasteiger partial charge in [0.1, 0.15) is 0 Å². The third kappa shape index (κ3) is 5.62. The Morgan fingerprint density at radius 3 is 2.88 bits per heavy atom. The Morgan fingerprint density at radius 2 is 2.29 bits per heavy atom. The molecule has 1 heterocycles. The number of nitrogens with one attached hydrogen (secondary N) is 1. The lowest BCUT2D eigenvalue weighted by Crippen LogP contribution is -2.21. The van der Waals surface area contributed by atoms with Gasteiger partial charge in [-0.25, -0.2) is 4.98 Å². The minimum absolute atomic E-state index is 0. The Hall–Kier alpha value is -1.18. The lowest BCUT2D eigenvalue weighted by atomic mass is 10.3. The average Bonchev–Trinajstić information content (AvgIpc) is 2.65. The van der Waals surface area contributed by atoms with E-state index in [1.165, 1.54) is 11.3 Å². The number of ether oxygens (including phenoxy) is 1. The SMILES string of the molecule is CCOC(=O)Cc1csc(NC(=O)CN)n1.Cl. The van der Waals surface area contributed by atoms with Gasteiger partial charge in [-0.2, -0.15) is 0 Å². The topological polar surface area (TPSA) is 94.3 Å². The second kappa shape index (κ2) is 7.99. The van der Waals surface area contributed by atoms with Crippen LogP contribution in [0.3, 0.4) is 0 Å². The molecule has 1 aromatic heterocycles. The number of carbonyl (C=O) groups is 2. The normalized spacial score (nSPS) is 9.29. The number of carbonyl (C=O) groups excluding carboxylic acids is 2. The Kier molecular flexibility index (Phi) is 7.44. The van der Waals surface area contributed by atoms with E-state index < -0.39 is 0 Å². The van der Waals surface area contributed by atoms with E-state index in [0.29, 0.717) is 17.4 Å². The van der Waals surface area contributed by atoms with Crippen molar-refractivity contribution < 1.29 is 14.3 Å². The molecule has 0 atom stereocenters. The summed E-state index contributed by atoms with van der Waals surface area (Å²) in [7, 11) is 0. The van der Waals surface area contributed by atoms with Gasteiger partial charge in [-0.1, -0.05) is 0 Å². The number of thiazole rings is 1. The number of nitrogens with two attached hydrogens (primary N) is 1. The molecule has 1 rings (SSSR count). The van der Waals surface area contributed by atoms with Gasteiger partial charge in [0, 0.05) is 5.38 Å². The van der Waals surface area contributed by atoms with Crippen LogP contribution in [0.2, 0.25) is 0 Å². The van der Waals surface area contributed by atoms with Gasteiger partial charge < -0.3 is 15.8 Å². The number of hydrogen-bond donors (Lipinski definition) is 2. The Labute approximate surface area is 109 Å². The van der Waals surface area contributed by atoms with Crippen molar-refractivity contribution in [3.8, 4) is 0 Å². The van der Waals surface area contributed by atoms with Crippen LogP contribution in [0.4, 0.5) is 5.13 Å². The monoisotopic (exact) mass is 279 g/mol. The molecule has 0 aliphatic carbocycles. The van der Waals surface area contributed by atoms with Gasteiger partial charge in [-0.3, -0.25) is 9.59 Å². The first-order chi connectivity index (χ1) is 7.65. The number of halogens is 1. The molecule has 0 spiro atoms. The molecular formula is C9H14ClN3O3S. The third-order valence-corrected chi connectivity index (χ3v) is 2.42. The van der Waals surface area contributed by atoms with E-state index in [0.717, 1.165) is 0 Å². The second-order valence-corrected chi connectivity index (χ2v) is 3.74. The standard InChI is InChI=1S/C9H13N3O3S.ClH/c1-2-15-8(14)3-6-5-16-9(11-6)12-7(13)4-10;/h5H,2-4,10H2,1H3,(H,11,12,13);1H. The first-order valence-electron chi connectivity index (χ1n) is 4.75. The molecule has 1 amide bonds. The molecule has 0 radical (unpaired) electrons. The Balaban J connectivity index is 0.00000256. The zero-order chi connectivity index (χ0) is 12.0. The van der Waals surface area contributed by atoms with Crippen molar-refractivity contribution in [3.05, 3.63) is 11.1 Å². The molecule has 96 valence electrons. The fraction of sp³-hybridized carbons (Fsp3) is 0.444. The maximum Gasteiger partial charge on any atom is 0.311 e. The maximum atomic E-state index is 11.1. The van der Waals surface area contributed by atoms with Crippen molar-refractivity contribution in [3.63, 3.8) is 0 Å². The number of amides is 1. The highest BCUT2D eigenvalue weighted by Crippen LogP contribution is 2.15. The van der Waals surface area contributed by atoms with Crippen LogP contribution in [0.1, 0.15) is 12.6 Å². The summed E-state index contributed by atoms with van der Waals surface area (Å²) in [6, 6.07) is 0. The highest BCUT2D eigenvalue weighted by molar-refractivity contribution is 7.13. The number of hydrogen-bond acceptors (Lipinski definition) is 6. The second-order valence-electron chi connectivity index (χ2n) is 2.88. The van der Waals surface area contributed by atoms with Gasteiger partial charge in [0.05, 0.1) is 25.3 Å². The molecular weight excluding hydrogens is 266 g/mol. The van der Waals surface area contributed by atoms with Crippen molar-refractivity contribution in [1.82, 2.24) is 4.98 Å². The average molecular weight is 280 g/mol. The number of rotatable bonds is 5. The minimum atomic E-state index is -0.329. The van der Waals surface area contributed by atoms with Crippen LogP contribution in [0, 0.1) is 0 Å². The van der Waals surface area contributed by atoms with E-state index in [1.807, 2.05) is 0 Å². The molecule has 3 N–H and O–H groups in total. The van der Waals surface area contributed by atoms with Crippen LogP contribution < -0.4 is 11.1 Å². The molecule has 0 aliphatic rings. The first-order valence-corrected chi connectivity index (χ1v) is 5.63. The van der Waals surface area contributed by atoms with Crippen LogP contribution in [-0.4, -0.2) is 30.0 Å². The van der Waals surface area contributed by atoms with Crippen LogP contribution in [-0.2, 0) is 20.7 Å². The molecule has 0 aliphatic heterocycles. The molecule has 6 nitrogen and oxygen atoms in total. The van der Waals surface area contributed by atoms with Crippen LogP contribution in [0.5, 0.6) is 0 Å². The lowest BCUT2D eigenvalue weighted by molar-refractivity contribution is -0.142. The van der Waals surface area contributed by atoms with Gasteiger partial charge in [0.2, 0.25) is 5.91 Å². The van der Waals surface area contributed by atoms with Gasteiger partial charge in [0.25, 0.3) is 0 Å². The fourth-order valence-electron chi connectivity index (χ4n) is 0.976. The van der Waals surface area contributed by atoms with Gasteiger partial charge in [-0.15, -0.1) is 23.7 Å². The number of esters is 1. The number of nitrogens with zero attached hydrogens (tertiary/aromatic N) is 1. The summed E-state index contributed by atoms with van der Waals surface area (Å²) in [6.45, 7) is 2.00. The predicted octanol–water partition coefficient (Wildman–Crippen LogP) is 0.568. The molecule has 0 saturated heterocycles. The quantitative estimate of drug-likeness (QED) is 0.769. The highest BCUT2D eigenvalue weighted by Gasteiger charge is 2.09. The zero-order valence-electron chi connectivity index (χ0n) is 9.26. The maximum absolute atomic E-state index is 11.1. The van der Waals surface area contributed by atoms with Gasteiger partial charge in [0.15, 0.2) is 5.13 Å². The number of anilines is 1. The third-order valence-electron chi connectivity index (χ3n) is 1.61. The molecule has 0 unspecified atom stereocenters. The van der Waals surface area contributed by atoms with E-state index in [2.05, 4.69) is 10.3 Å². The van der Waals surface area contributed by atoms with Gasteiger partial charge >= 0.3 is 5.97 Å². The van der Waals surface area contributed by atoms with E-state index >= 15 is 0 Å². The summed E-state index contributed by atoms with van der Waals surface area (Å²) in [5, 5.41) is 4.65. The summed E-state index contributed by atoms with van der Waals surface area (Å²) < 4.78 is 4.78. The number of aromatic nitrogens is 1. The highest BCUT2D eigenvalue weighted by atomic mass is 35.5. The molecule has 17 heavy (non-hydrogen) atoms. The van der Waals surface area contributed by atoms with Crippen molar-refractivity contribution in [2.75, 3.05) is 18.5 Å². The minimum Gasteiger partial charge on any atom is -0.466 e. The van der Waals surface area contributed by atoms with Crippen molar-refractivity contribution >= 4 is 40.8 Å². The molecule has 0 saturated carbocycles. The van der Waals surface area contributed by atoms with E-state index in [1.54, 1.807) is 12.3 Å². The predicted molar refractivity (Wildman–Crippen MR) is 67.4 cm³/mol. The molecule has 0 bridgehead atoms. The first kappa shape index (κ1) is 15.8. The summed E-state index contributed by atoms with van der Waals surface area (Å²) >= 11 is 1.25. The van der Waals surface area contributed by atoms with E-state index in [9.17, 15) is 9.59 Å². The molecule has 0 aromatic carbocycles. The Bertz CT molecular complexity index is 383. The Morgan fingerprint density at radius 1 is 1.59 bits per heavy atom. The van der Waals surface area contributed by atoms with Gasteiger partial charge in [-0.05, 0) is 6.92 Å². The van der Waals surface area contributed by atoms with Crippen molar-refractivity contribution in [1.29, 1.82) is 0 Å². The van der Waals surface area contributed by atoms with Crippen LogP contribution in [0.15, 0.2) is 5.38 Å². The largest absolute Gasteiger partial charge is 0.466 e. The summed E-state index contributed by atoms with van der Waals surface area (Å²) in [5.41, 5.74) is 5.72. The van der Waals surface area contributed by atoms with E-state index in [-0.39, 0.29) is 37.2 Å². The summed E-state index contributed by atoms with van der Waals surface area (Å²) in [5.74, 6) is -0.637. The van der Waals surface area contributed by atoms with Crippen molar-refractivity contribution in [2.24, 2.45) is 5.73 Å². The molecule has 0 fully saturated rings. The lowest BCUT2D eigenvalue weighted by Gasteiger charge is -1.98. The smallest absolute Gasteiger partial charge is 0.311 e. The van der Waals surface area contributed by atoms with Crippen LogP contribution in [0.25, 0.3) is 0 Å². The van der Waals surface area contributed by atoms with Crippen LogP contribution >= 0.6 is 23.7 Å². The van der Waals surface area contributed by atoms with Crippen molar-refractivity contribution in [2.45, 2.75) is 13.3 Å². The van der Waals surface area contributed by atoms with E-state index in [4.69, 9.17) is 10.5 Å². The molecule has 1 aromatic rings.